The zero-order valence-corrected chi connectivity index (χ0v) is 15.3. The molecule has 1 heterocycles. The van der Waals surface area contributed by atoms with Crippen LogP contribution in [-0.2, 0) is 4.79 Å². The molecule has 0 unspecified atom stereocenters. The number of hydrogen-bond donors (Lipinski definition) is 0. The summed E-state index contributed by atoms with van der Waals surface area (Å²) >= 11 is 0. The summed E-state index contributed by atoms with van der Waals surface area (Å²) in [5.74, 6) is 1.26. The fraction of sp³-hybridized carbons (Fsp3) is 0.650. The molecule has 0 N–H and O–H groups in total. The second-order valence-corrected chi connectivity index (χ2v) is 6.43. The highest BCUT2D eigenvalue weighted by molar-refractivity contribution is 5.76. The number of hydrogen-bond acceptors (Lipinski definition) is 3. The molecule has 1 fully saturated rings. The molecule has 2 rings (SSSR count). The molecule has 0 saturated carbocycles. The first-order valence-electron chi connectivity index (χ1n) is 9.50. The van der Waals surface area contributed by atoms with Crippen LogP contribution in [0.25, 0.3) is 0 Å². The van der Waals surface area contributed by atoms with Crippen molar-refractivity contribution in [1.82, 2.24) is 4.90 Å². The molecule has 1 aliphatic rings. The van der Waals surface area contributed by atoms with Crippen molar-refractivity contribution < 1.29 is 9.53 Å². The molecule has 0 spiro atoms. The van der Waals surface area contributed by atoms with Gasteiger partial charge in [-0.05, 0) is 25.5 Å². The molecule has 1 saturated heterocycles. The van der Waals surface area contributed by atoms with Crippen molar-refractivity contribution in [2.75, 3.05) is 37.7 Å². The Morgan fingerprint density at radius 1 is 1.00 bits per heavy atom. The minimum atomic E-state index is 0.323. The minimum Gasteiger partial charge on any atom is -0.492 e. The van der Waals surface area contributed by atoms with E-state index in [2.05, 4.69) is 17.9 Å². The predicted octanol–water partition coefficient (Wildman–Crippen LogP) is 4.09. The zero-order valence-electron chi connectivity index (χ0n) is 15.3. The predicted molar refractivity (Wildman–Crippen MR) is 99.8 cm³/mol. The van der Waals surface area contributed by atoms with E-state index in [9.17, 15) is 4.79 Å². The Morgan fingerprint density at radius 3 is 2.42 bits per heavy atom. The van der Waals surface area contributed by atoms with Gasteiger partial charge < -0.3 is 14.5 Å². The van der Waals surface area contributed by atoms with Crippen molar-refractivity contribution in [3.63, 3.8) is 0 Å². The van der Waals surface area contributed by atoms with Crippen LogP contribution in [0.3, 0.4) is 0 Å². The van der Waals surface area contributed by atoms with Gasteiger partial charge in [-0.25, -0.2) is 0 Å². The Hall–Kier alpha value is -1.71. The molecule has 0 bridgehead atoms. The highest BCUT2D eigenvalue weighted by Crippen LogP contribution is 2.28. The van der Waals surface area contributed by atoms with Crippen LogP contribution in [0.2, 0.25) is 0 Å². The summed E-state index contributed by atoms with van der Waals surface area (Å²) in [6.45, 7) is 8.29. The molecule has 1 aromatic carbocycles. The molecule has 1 amide bonds. The molecule has 0 aliphatic carbocycles. The maximum atomic E-state index is 12.3. The van der Waals surface area contributed by atoms with Crippen molar-refractivity contribution in [1.29, 1.82) is 0 Å². The van der Waals surface area contributed by atoms with E-state index in [1.54, 1.807) is 0 Å². The van der Waals surface area contributed by atoms with Crippen molar-refractivity contribution in [3.8, 4) is 5.75 Å². The molecular weight excluding hydrogens is 300 g/mol. The minimum absolute atomic E-state index is 0.323. The van der Waals surface area contributed by atoms with E-state index in [0.717, 1.165) is 44.0 Å². The van der Waals surface area contributed by atoms with Crippen LogP contribution in [0.15, 0.2) is 24.3 Å². The number of benzene rings is 1. The second-order valence-electron chi connectivity index (χ2n) is 6.43. The average molecular weight is 332 g/mol. The Bertz CT molecular complexity index is 496. The van der Waals surface area contributed by atoms with Crippen molar-refractivity contribution >= 4 is 11.6 Å². The number of carbonyl (C=O) groups is 1. The van der Waals surface area contributed by atoms with Gasteiger partial charge in [0.25, 0.3) is 0 Å². The Balaban J connectivity index is 1.78. The standard InChI is InChI=1S/C20H32N2O2/c1-3-5-6-7-8-13-20(23)22-16-14-21(15-17-22)18-11-9-10-12-19(18)24-4-2/h9-12H,3-8,13-17H2,1-2H3. The van der Waals surface area contributed by atoms with Gasteiger partial charge in [-0.15, -0.1) is 0 Å². The molecule has 1 aliphatic heterocycles. The number of carbonyl (C=O) groups excluding carboxylic acids is 1. The average Bonchev–Trinajstić information content (AvgIpc) is 2.62. The van der Waals surface area contributed by atoms with Gasteiger partial charge >= 0.3 is 0 Å². The third kappa shape index (κ3) is 5.43. The molecule has 4 heteroatoms. The first kappa shape index (κ1) is 18.6. The number of para-hydroxylation sites is 2. The summed E-state index contributed by atoms with van der Waals surface area (Å²) in [4.78, 5) is 16.7. The van der Waals surface area contributed by atoms with Gasteiger partial charge in [0, 0.05) is 32.6 Å². The van der Waals surface area contributed by atoms with Crippen LogP contribution in [0.5, 0.6) is 5.75 Å². The molecule has 134 valence electrons. The first-order chi connectivity index (χ1) is 11.8. The third-order valence-electron chi connectivity index (χ3n) is 4.63. The Morgan fingerprint density at radius 2 is 1.71 bits per heavy atom. The molecule has 0 aromatic heterocycles. The van der Waals surface area contributed by atoms with Gasteiger partial charge in [0.1, 0.15) is 5.75 Å². The maximum Gasteiger partial charge on any atom is 0.222 e. The molecular formula is C20H32N2O2. The molecule has 1 aromatic rings. The summed E-state index contributed by atoms with van der Waals surface area (Å²) in [6.07, 6.45) is 6.71. The van der Waals surface area contributed by atoms with Gasteiger partial charge in [-0.2, -0.15) is 0 Å². The van der Waals surface area contributed by atoms with Crippen LogP contribution in [-0.4, -0.2) is 43.6 Å². The van der Waals surface area contributed by atoms with Gasteiger partial charge in [0.05, 0.1) is 12.3 Å². The number of unbranched alkanes of at least 4 members (excludes halogenated alkanes) is 4. The van der Waals surface area contributed by atoms with Gasteiger partial charge in [0.2, 0.25) is 5.91 Å². The summed E-state index contributed by atoms with van der Waals surface area (Å²) in [5.41, 5.74) is 1.14. The fourth-order valence-corrected chi connectivity index (χ4v) is 3.23. The topological polar surface area (TPSA) is 32.8 Å². The highest BCUT2D eigenvalue weighted by atomic mass is 16.5. The second kappa shape index (κ2) is 10.2. The summed E-state index contributed by atoms with van der Waals surface area (Å²) < 4.78 is 5.73. The van der Waals surface area contributed by atoms with Crippen LogP contribution >= 0.6 is 0 Å². The van der Waals surface area contributed by atoms with Crippen LogP contribution in [0, 0.1) is 0 Å². The quantitative estimate of drug-likeness (QED) is 0.638. The smallest absolute Gasteiger partial charge is 0.222 e. The summed E-state index contributed by atoms with van der Waals surface area (Å²) in [6, 6.07) is 8.18. The molecule has 24 heavy (non-hydrogen) atoms. The van der Waals surface area contributed by atoms with E-state index < -0.39 is 0 Å². The lowest BCUT2D eigenvalue weighted by Crippen LogP contribution is -2.48. The SMILES string of the molecule is CCCCCCCC(=O)N1CCN(c2ccccc2OCC)CC1. The van der Waals surface area contributed by atoms with E-state index in [4.69, 9.17) is 4.74 Å². The van der Waals surface area contributed by atoms with Crippen LogP contribution in [0.1, 0.15) is 52.4 Å². The number of anilines is 1. The van der Waals surface area contributed by atoms with E-state index in [0.29, 0.717) is 18.9 Å². The number of piperazine rings is 1. The summed E-state index contributed by atoms with van der Waals surface area (Å²) in [5, 5.41) is 0. The number of rotatable bonds is 9. The largest absolute Gasteiger partial charge is 0.492 e. The van der Waals surface area contributed by atoms with Crippen molar-refractivity contribution in [2.24, 2.45) is 0 Å². The van der Waals surface area contributed by atoms with E-state index in [1.165, 1.54) is 25.7 Å². The molecule has 0 atom stereocenters. The number of nitrogens with zero attached hydrogens (tertiary/aromatic N) is 2. The lowest BCUT2D eigenvalue weighted by Gasteiger charge is -2.36. The van der Waals surface area contributed by atoms with Gasteiger partial charge in [0.15, 0.2) is 0 Å². The Labute approximate surface area is 146 Å². The van der Waals surface area contributed by atoms with E-state index in [1.807, 2.05) is 30.0 Å². The third-order valence-corrected chi connectivity index (χ3v) is 4.63. The number of amides is 1. The first-order valence-corrected chi connectivity index (χ1v) is 9.50. The lowest BCUT2D eigenvalue weighted by molar-refractivity contribution is -0.131. The zero-order chi connectivity index (χ0) is 17.2. The van der Waals surface area contributed by atoms with Crippen molar-refractivity contribution in [2.45, 2.75) is 52.4 Å². The van der Waals surface area contributed by atoms with Crippen LogP contribution < -0.4 is 9.64 Å². The fourth-order valence-electron chi connectivity index (χ4n) is 3.23. The van der Waals surface area contributed by atoms with Crippen molar-refractivity contribution in [3.05, 3.63) is 24.3 Å². The lowest BCUT2D eigenvalue weighted by atomic mass is 10.1. The van der Waals surface area contributed by atoms with Crippen LogP contribution in [0.4, 0.5) is 5.69 Å². The Kier molecular flexibility index (Phi) is 7.93. The molecule has 4 nitrogen and oxygen atoms in total. The van der Waals surface area contributed by atoms with E-state index >= 15 is 0 Å². The number of ether oxygens (including phenoxy) is 1. The highest BCUT2D eigenvalue weighted by Gasteiger charge is 2.22. The summed E-state index contributed by atoms with van der Waals surface area (Å²) in [7, 11) is 0. The maximum absolute atomic E-state index is 12.3. The van der Waals surface area contributed by atoms with Gasteiger partial charge in [-0.1, -0.05) is 44.7 Å². The van der Waals surface area contributed by atoms with Gasteiger partial charge in [-0.3, -0.25) is 4.79 Å². The normalized spacial score (nSPS) is 14.8. The monoisotopic (exact) mass is 332 g/mol. The molecule has 0 radical (unpaired) electrons. The van der Waals surface area contributed by atoms with E-state index in [-0.39, 0.29) is 0 Å².